The van der Waals surface area contributed by atoms with Gasteiger partial charge in [-0.05, 0) is 70.3 Å². The second-order valence-electron chi connectivity index (χ2n) is 11.5. The van der Waals surface area contributed by atoms with Crippen LogP contribution in [0.1, 0.15) is 51.4 Å². The van der Waals surface area contributed by atoms with Crippen molar-refractivity contribution in [1.82, 2.24) is 4.72 Å². The molecule has 0 saturated carbocycles. The number of hydrogen-bond donors (Lipinski definition) is 3. The number of carboxylic acids is 1. The zero-order valence-corrected chi connectivity index (χ0v) is 27.6. The number of aliphatic hydroxyl groups is 1. The maximum atomic E-state index is 12.7. The van der Waals surface area contributed by atoms with Crippen molar-refractivity contribution in [1.29, 1.82) is 0 Å². The Morgan fingerprint density at radius 2 is 1.48 bits per heavy atom. The van der Waals surface area contributed by atoms with Gasteiger partial charge in [0.25, 0.3) is 0 Å². The van der Waals surface area contributed by atoms with Crippen LogP contribution in [0.15, 0.2) is 137 Å². The lowest BCUT2D eigenvalue weighted by Crippen LogP contribution is -2.31. The number of benzene rings is 5. The third-order valence-corrected chi connectivity index (χ3v) is 10.7. The molecular formula is C38H35NO7S2. The molecule has 0 bridgehead atoms. The number of rotatable bonds is 12. The summed E-state index contributed by atoms with van der Waals surface area (Å²) >= 11 is 1.60. The fraction of sp³-hybridized carbons (Fsp3) is 0.184. The van der Waals surface area contributed by atoms with Crippen molar-refractivity contribution in [3.05, 3.63) is 155 Å². The highest BCUT2D eigenvalue weighted by Gasteiger charge is 2.32. The molecule has 0 amide bonds. The summed E-state index contributed by atoms with van der Waals surface area (Å²) < 4.78 is 41.0. The first-order valence-electron chi connectivity index (χ1n) is 15.5. The van der Waals surface area contributed by atoms with E-state index in [1.54, 1.807) is 54.2 Å². The molecule has 8 nitrogen and oxygen atoms in total. The van der Waals surface area contributed by atoms with Crippen LogP contribution in [-0.4, -0.2) is 36.5 Å². The van der Waals surface area contributed by atoms with Crippen molar-refractivity contribution in [3.63, 3.8) is 0 Å². The Morgan fingerprint density at radius 3 is 2.17 bits per heavy atom. The van der Waals surface area contributed by atoms with Gasteiger partial charge in [0.1, 0.15) is 0 Å². The average Bonchev–Trinajstić information content (AvgIpc) is 3.14. The molecule has 3 atom stereocenters. The molecule has 0 unspecified atom stereocenters. The van der Waals surface area contributed by atoms with Crippen LogP contribution < -0.4 is 4.72 Å². The van der Waals surface area contributed by atoms with E-state index in [0.29, 0.717) is 12.2 Å². The minimum atomic E-state index is -3.62. The first-order valence-corrected chi connectivity index (χ1v) is 17.9. The van der Waals surface area contributed by atoms with Crippen LogP contribution in [0.5, 0.6) is 0 Å². The standard InChI is InChI=1S/C38H35NO7S2/c40-24-26-9-11-29(12-10-26)36-22-33(25-47-34-19-17-30(18-20-34)37(41)42)45-38(46-36)31-15-13-28(14-16-31)32-6-4-5-27(21-32)23-39-48(43,44)35-7-2-1-3-8-35/h1-21,33,36,38-40H,22-25H2,(H,41,42)/t33-,36+,38+/m0/s1. The number of sulfonamides is 1. The van der Waals surface area contributed by atoms with Gasteiger partial charge >= 0.3 is 5.97 Å². The normalized spacial score (nSPS) is 18.0. The van der Waals surface area contributed by atoms with Gasteiger partial charge in [-0.25, -0.2) is 17.9 Å². The van der Waals surface area contributed by atoms with Gasteiger partial charge in [-0.3, -0.25) is 0 Å². The number of ether oxygens (including phenoxy) is 2. The molecule has 1 fully saturated rings. The number of aliphatic hydroxyl groups excluding tert-OH is 1. The highest BCUT2D eigenvalue weighted by atomic mass is 32.2. The molecule has 1 aliphatic heterocycles. The summed E-state index contributed by atoms with van der Waals surface area (Å²) in [5, 5.41) is 18.7. The lowest BCUT2D eigenvalue weighted by molar-refractivity contribution is -0.245. The minimum absolute atomic E-state index is 0.0317. The number of carbonyl (C=O) groups is 1. The Balaban J connectivity index is 1.16. The van der Waals surface area contributed by atoms with E-state index >= 15 is 0 Å². The van der Waals surface area contributed by atoms with Crippen LogP contribution in [0.3, 0.4) is 0 Å². The first kappa shape index (κ1) is 33.6. The second-order valence-corrected chi connectivity index (χ2v) is 14.3. The Bertz CT molecular complexity index is 1930. The van der Waals surface area contributed by atoms with Gasteiger partial charge in [0.2, 0.25) is 10.0 Å². The topological polar surface area (TPSA) is 122 Å². The number of hydrogen-bond acceptors (Lipinski definition) is 7. The van der Waals surface area contributed by atoms with Gasteiger partial charge in [0.05, 0.1) is 29.3 Å². The van der Waals surface area contributed by atoms with Gasteiger partial charge in [0.15, 0.2) is 6.29 Å². The Kier molecular flexibility index (Phi) is 10.7. The summed E-state index contributed by atoms with van der Waals surface area (Å²) in [5.41, 5.74) is 5.69. The van der Waals surface area contributed by atoms with E-state index in [9.17, 15) is 23.4 Å². The van der Waals surface area contributed by atoms with E-state index in [2.05, 4.69) is 4.72 Å². The number of nitrogens with one attached hydrogen (secondary N) is 1. The molecule has 6 rings (SSSR count). The molecule has 10 heteroatoms. The molecule has 0 radical (unpaired) electrons. The lowest BCUT2D eigenvalue weighted by Gasteiger charge is -2.36. The maximum absolute atomic E-state index is 12.7. The molecule has 3 N–H and O–H groups in total. The van der Waals surface area contributed by atoms with E-state index in [-0.39, 0.29) is 35.8 Å². The maximum Gasteiger partial charge on any atom is 0.335 e. The van der Waals surface area contributed by atoms with Crippen LogP contribution in [0, 0.1) is 0 Å². The number of aromatic carboxylic acids is 1. The van der Waals surface area contributed by atoms with Crippen molar-refractivity contribution in [2.75, 3.05) is 5.75 Å². The van der Waals surface area contributed by atoms with E-state index in [1.807, 2.05) is 84.9 Å². The largest absolute Gasteiger partial charge is 0.478 e. The van der Waals surface area contributed by atoms with Gasteiger partial charge in [-0.1, -0.05) is 84.9 Å². The molecule has 0 aromatic heterocycles. The predicted molar refractivity (Wildman–Crippen MR) is 185 cm³/mol. The Morgan fingerprint density at radius 1 is 0.771 bits per heavy atom. The van der Waals surface area contributed by atoms with Crippen LogP contribution in [-0.2, 0) is 32.6 Å². The quantitative estimate of drug-likeness (QED) is 0.117. The van der Waals surface area contributed by atoms with E-state index in [4.69, 9.17) is 9.47 Å². The van der Waals surface area contributed by atoms with Crippen molar-refractivity contribution >= 4 is 27.8 Å². The fourth-order valence-corrected chi connectivity index (χ4v) is 7.42. The van der Waals surface area contributed by atoms with Crippen LogP contribution in [0.25, 0.3) is 11.1 Å². The summed E-state index contributed by atoms with van der Waals surface area (Å²) in [7, 11) is -3.62. The van der Waals surface area contributed by atoms with Crippen molar-refractivity contribution in [2.24, 2.45) is 0 Å². The summed E-state index contributed by atoms with van der Waals surface area (Å²) in [5.74, 6) is -0.307. The van der Waals surface area contributed by atoms with Gasteiger partial charge in [-0.2, -0.15) is 0 Å². The monoisotopic (exact) mass is 681 g/mol. The minimum Gasteiger partial charge on any atom is -0.478 e. The first-order chi connectivity index (χ1) is 23.3. The summed E-state index contributed by atoms with van der Waals surface area (Å²) in [6.45, 7) is 0.132. The van der Waals surface area contributed by atoms with Gasteiger partial charge in [-0.15, -0.1) is 11.8 Å². The molecule has 0 aliphatic carbocycles. The van der Waals surface area contributed by atoms with Crippen LogP contribution >= 0.6 is 11.8 Å². The van der Waals surface area contributed by atoms with E-state index < -0.39 is 22.3 Å². The van der Waals surface area contributed by atoms with Gasteiger partial charge < -0.3 is 19.7 Å². The van der Waals surface area contributed by atoms with Crippen molar-refractivity contribution in [3.8, 4) is 11.1 Å². The molecular weight excluding hydrogens is 647 g/mol. The van der Waals surface area contributed by atoms with Gasteiger partial charge in [0, 0.05) is 29.2 Å². The van der Waals surface area contributed by atoms with Crippen LogP contribution in [0.2, 0.25) is 0 Å². The molecule has 0 spiro atoms. The molecule has 5 aromatic carbocycles. The van der Waals surface area contributed by atoms with Crippen molar-refractivity contribution in [2.45, 2.75) is 47.9 Å². The number of thioether (sulfide) groups is 1. The molecule has 246 valence electrons. The average molecular weight is 682 g/mol. The molecule has 1 saturated heterocycles. The Labute approximate surface area is 284 Å². The highest BCUT2D eigenvalue weighted by molar-refractivity contribution is 7.99. The number of carboxylic acid groups (broad SMARTS) is 1. The smallest absolute Gasteiger partial charge is 0.335 e. The molecule has 48 heavy (non-hydrogen) atoms. The highest BCUT2D eigenvalue weighted by Crippen LogP contribution is 2.40. The molecule has 1 heterocycles. The predicted octanol–water partition coefficient (Wildman–Crippen LogP) is 7.36. The van der Waals surface area contributed by atoms with E-state index in [1.165, 1.54) is 0 Å². The fourth-order valence-electron chi connectivity index (χ4n) is 5.46. The zero-order chi connectivity index (χ0) is 33.5. The second kappa shape index (κ2) is 15.3. The summed E-state index contributed by atoms with van der Waals surface area (Å²) in [6.07, 6.45) is -0.360. The third-order valence-electron chi connectivity index (χ3n) is 8.12. The third kappa shape index (κ3) is 8.40. The molecule has 5 aromatic rings. The van der Waals surface area contributed by atoms with Crippen LogP contribution in [0.4, 0.5) is 0 Å². The summed E-state index contributed by atoms with van der Waals surface area (Å²) in [6, 6.07) is 38.6. The lowest BCUT2D eigenvalue weighted by atomic mass is 9.99. The summed E-state index contributed by atoms with van der Waals surface area (Å²) in [4.78, 5) is 12.4. The Hall–Kier alpha value is -4.29. The zero-order valence-electron chi connectivity index (χ0n) is 25.9. The van der Waals surface area contributed by atoms with E-state index in [0.717, 1.165) is 38.3 Å². The SMILES string of the molecule is O=C(O)c1ccc(SC[C@@H]2C[C@H](c3ccc(CO)cc3)O[C@H](c3ccc(-c4cccc(CNS(=O)(=O)c5ccccc5)c4)cc3)O2)cc1. The molecule has 1 aliphatic rings. The van der Waals surface area contributed by atoms with Crippen molar-refractivity contribution < 1.29 is 32.9 Å².